The molecule has 0 aliphatic carbocycles. The smallest absolute Gasteiger partial charge is 0.0701 e. The second-order valence-electron chi connectivity index (χ2n) is 1.90. The van der Waals surface area contributed by atoms with Crippen LogP contribution in [-0.2, 0) is 9.47 Å². The molecule has 13 heavy (non-hydrogen) atoms. The molecule has 0 radical (unpaired) electrons. The Labute approximate surface area is 78.5 Å². The number of hydrogen-bond acceptors (Lipinski definition) is 5. The van der Waals surface area contributed by atoms with E-state index in [2.05, 4.69) is 0 Å². The summed E-state index contributed by atoms with van der Waals surface area (Å²) in [6.07, 6.45) is 0. The van der Waals surface area contributed by atoms with Crippen molar-refractivity contribution in [2.75, 3.05) is 39.6 Å². The Balaban J connectivity index is 0. The maximum absolute atomic E-state index is 8.26. The van der Waals surface area contributed by atoms with Crippen LogP contribution in [0.25, 0.3) is 0 Å². The zero-order valence-electron chi connectivity index (χ0n) is 7.90. The number of aliphatic hydroxyl groups excluding tert-OH is 2. The maximum Gasteiger partial charge on any atom is 0.0701 e. The van der Waals surface area contributed by atoms with Crippen molar-refractivity contribution in [3.8, 4) is 6.07 Å². The summed E-state index contributed by atoms with van der Waals surface area (Å²) in [6.45, 7) is 3.16. The van der Waals surface area contributed by atoms with Gasteiger partial charge in [-0.15, -0.1) is 0 Å². The lowest BCUT2D eigenvalue weighted by molar-refractivity contribution is 0.0222. The Kier molecular flexibility index (Phi) is 19.9. The quantitative estimate of drug-likeness (QED) is 0.532. The number of aliphatic hydroxyl groups is 2. The minimum absolute atomic E-state index is 0.0417. The average molecular weight is 191 g/mol. The van der Waals surface area contributed by atoms with Gasteiger partial charge in [-0.1, -0.05) is 0 Å². The third-order valence-electron chi connectivity index (χ3n) is 0.843. The molecule has 0 fully saturated rings. The van der Waals surface area contributed by atoms with E-state index in [0.717, 1.165) is 0 Å². The molecule has 0 rings (SSSR count). The van der Waals surface area contributed by atoms with Gasteiger partial charge >= 0.3 is 0 Å². The number of rotatable bonds is 7. The van der Waals surface area contributed by atoms with E-state index in [4.69, 9.17) is 24.9 Å². The molecule has 5 nitrogen and oxygen atoms in total. The molecule has 0 aromatic rings. The van der Waals surface area contributed by atoms with Crippen molar-refractivity contribution in [1.82, 2.24) is 0 Å². The zero-order chi connectivity index (χ0) is 10.4. The van der Waals surface area contributed by atoms with Crippen molar-refractivity contribution < 1.29 is 19.7 Å². The Morgan fingerprint density at radius 1 is 1.00 bits per heavy atom. The molecular weight excluding hydrogens is 174 g/mol. The molecule has 0 aliphatic rings. The van der Waals surface area contributed by atoms with Gasteiger partial charge in [0, 0.05) is 6.92 Å². The second kappa shape index (κ2) is 17.4. The lowest BCUT2D eigenvalue weighted by atomic mass is 10.7. The van der Waals surface area contributed by atoms with Crippen molar-refractivity contribution in [3.63, 3.8) is 0 Å². The van der Waals surface area contributed by atoms with Crippen LogP contribution in [0.15, 0.2) is 0 Å². The van der Waals surface area contributed by atoms with Crippen molar-refractivity contribution in [3.05, 3.63) is 0 Å². The zero-order valence-corrected chi connectivity index (χ0v) is 7.90. The minimum Gasteiger partial charge on any atom is -0.394 e. The van der Waals surface area contributed by atoms with E-state index in [-0.39, 0.29) is 13.2 Å². The van der Waals surface area contributed by atoms with Crippen LogP contribution in [0.3, 0.4) is 0 Å². The standard InChI is InChI=1S/C6H14O4.C2H3N/c7-1-3-9-5-6-10-4-2-8;1-2-3/h7-8H,1-6H2;1H3. The Morgan fingerprint density at radius 3 is 1.54 bits per heavy atom. The van der Waals surface area contributed by atoms with Gasteiger partial charge in [0.05, 0.1) is 45.7 Å². The summed E-state index contributed by atoms with van der Waals surface area (Å²) >= 11 is 0. The summed E-state index contributed by atoms with van der Waals surface area (Å²) in [5, 5.41) is 23.8. The van der Waals surface area contributed by atoms with E-state index in [1.807, 2.05) is 0 Å². The van der Waals surface area contributed by atoms with Gasteiger partial charge in [-0.2, -0.15) is 5.26 Å². The van der Waals surface area contributed by atoms with Crippen molar-refractivity contribution in [1.29, 1.82) is 5.26 Å². The summed E-state index contributed by atoms with van der Waals surface area (Å²) in [4.78, 5) is 0. The van der Waals surface area contributed by atoms with Crippen LogP contribution in [0.2, 0.25) is 0 Å². The molecule has 5 heteroatoms. The molecule has 0 spiro atoms. The molecule has 0 aromatic carbocycles. The average Bonchev–Trinajstić information content (AvgIpc) is 2.13. The summed E-state index contributed by atoms with van der Waals surface area (Å²) in [5.41, 5.74) is 0. The van der Waals surface area contributed by atoms with Crippen LogP contribution in [0.4, 0.5) is 0 Å². The minimum atomic E-state index is 0.0417. The highest BCUT2D eigenvalue weighted by Crippen LogP contribution is 1.76. The van der Waals surface area contributed by atoms with E-state index < -0.39 is 0 Å². The van der Waals surface area contributed by atoms with Crippen molar-refractivity contribution in [2.45, 2.75) is 6.92 Å². The third-order valence-corrected chi connectivity index (χ3v) is 0.843. The van der Waals surface area contributed by atoms with Crippen LogP contribution in [-0.4, -0.2) is 49.9 Å². The summed E-state index contributed by atoms with van der Waals surface area (Å²) < 4.78 is 9.75. The highest BCUT2D eigenvalue weighted by atomic mass is 16.5. The normalized spacial score (nSPS) is 8.46. The predicted molar refractivity (Wildman–Crippen MR) is 47.1 cm³/mol. The van der Waals surface area contributed by atoms with Crippen molar-refractivity contribution in [2.24, 2.45) is 0 Å². The maximum atomic E-state index is 8.26. The molecule has 0 aromatic heterocycles. The molecule has 0 heterocycles. The van der Waals surface area contributed by atoms with Gasteiger partial charge in [-0.25, -0.2) is 0 Å². The van der Waals surface area contributed by atoms with E-state index >= 15 is 0 Å². The fourth-order valence-corrected chi connectivity index (χ4v) is 0.451. The Bertz CT molecular complexity index is 105. The molecule has 0 unspecified atom stereocenters. The van der Waals surface area contributed by atoms with Crippen LogP contribution in [0.1, 0.15) is 6.92 Å². The van der Waals surface area contributed by atoms with E-state index in [0.29, 0.717) is 26.4 Å². The van der Waals surface area contributed by atoms with Crippen molar-refractivity contribution >= 4 is 0 Å². The number of nitrogens with zero attached hydrogens (tertiary/aromatic N) is 1. The molecule has 0 saturated carbocycles. The molecular formula is C8H17NO4. The Morgan fingerprint density at radius 2 is 1.31 bits per heavy atom. The molecule has 0 atom stereocenters. The van der Waals surface area contributed by atoms with Gasteiger partial charge in [-0.05, 0) is 0 Å². The van der Waals surface area contributed by atoms with Gasteiger partial charge in [0.1, 0.15) is 0 Å². The first-order valence-electron chi connectivity index (χ1n) is 4.01. The molecule has 0 bridgehead atoms. The van der Waals surface area contributed by atoms with Gasteiger partial charge < -0.3 is 19.7 Å². The molecule has 0 aliphatic heterocycles. The first-order chi connectivity index (χ1) is 6.33. The highest BCUT2D eigenvalue weighted by molar-refractivity contribution is 4.51. The first kappa shape index (κ1) is 14.8. The molecule has 0 amide bonds. The van der Waals surface area contributed by atoms with Crippen LogP contribution in [0, 0.1) is 11.3 Å². The van der Waals surface area contributed by atoms with Crippen LogP contribution >= 0.6 is 0 Å². The SMILES string of the molecule is CC#N.OCCOCCOCCO. The summed E-state index contributed by atoms with van der Waals surface area (Å²) in [7, 11) is 0. The predicted octanol–water partition coefficient (Wildman–Crippen LogP) is -0.466. The highest BCUT2D eigenvalue weighted by Gasteiger charge is 1.86. The van der Waals surface area contributed by atoms with Gasteiger partial charge in [-0.3, -0.25) is 0 Å². The van der Waals surface area contributed by atoms with Crippen LogP contribution in [0.5, 0.6) is 0 Å². The lowest BCUT2D eigenvalue weighted by Crippen LogP contribution is -2.09. The Hall–Kier alpha value is -0.670. The lowest BCUT2D eigenvalue weighted by Gasteiger charge is -2.01. The number of ether oxygens (including phenoxy) is 2. The molecule has 2 N–H and O–H groups in total. The fraction of sp³-hybridized carbons (Fsp3) is 0.875. The van der Waals surface area contributed by atoms with Gasteiger partial charge in [0.2, 0.25) is 0 Å². The largest absolute Gasteiger partial charge is 0.394 e. The summed E-state index contributed by atoms with van der Waals surface area (Å²) in [6, 6.07) is 1.75. The van der Waals surface area contributed by atoms with Gasteiger partial charge in [0.15, 0.2) is 0 Å². The van der Waals surface area contributed by atoms with E-state index in [1.165, 1.54) is 6.92 Å². The first-order valence-corrected chi connectivity index (χ1v) is 4.01. The fourth-order valence-electron chi connectivity index (χ4n) is 0.451. The summed E-state index contributed by atoms with van der Waals surface area (Å²) in [5.74, 6) is 0. The number of hydrogen-bond donors (Lipinski definition) is 2. The van der Waals surface area contributed by atoms with Gasteiger partial charge in [0.25, 0.3) is 0 Å². The topological polar surface area (TPSA) is 82.7 Å². The van der Waals surface area contributed by atoms with E-state index in [9.17, 15) is 0 Å². The second-order valence-corrected chi connectivity index (χ2v) is 1.90. The number of nitriles is 1. The third kappa shape index (κ3) is 24.6. The van der Waals surface area contributed by atoms with Crippen LogP contribution < -0.4 is 0 Å². The molecule has 78 valence electrons. The van der Waals surface area contributed by atoms with E-state index in [1.54, 1.807) is 6.07 Å². The monoisotopic (exact) mass is 191 g/mol. The molecule has 0 saturated heterocycles.